The van der Waals surface area contributed by atoms with Gasteiger partial charge >= 0.3 is 0 Å². The molecule has 4 aromatic rings. The highest BCUT2D eigenvalue weighted by Crippen LogP contribution is 2.53. The lowest BCUT2D eigenvalue weighted by Gasteiger charge is -2.45. The van der Waals surface area contributed by atoms with E-state index in [9.17, 15) is 2.74 Å². The molecule has 0 bridgehead atoms. The van der Waals surface area contributed by atoms with Gasteiger partial charge in [0.1, 0.15) is 5.58 Å². The first-order valence-electron chi connectivity index (χ1n) is 16.3. The quantitative estimate of drug-likeness (QED) is 0.242. The van der Waals surface area contributed by atoms with E-state index in [1.165, 1.54) is 38.2 Å². The Kier molecular flexibility index (Phi) is 4.45. The van der Waals surface area contributed by atoms with Crippen molar-refractivity contribution in [3.05, 3.63) is 70.8 Å². The van der Waals surface area contributed by atoms with Crippen LogP contribution in [0.15, 0.2) is 52.9 Å². The third-order valence-corrected chi connectivity index (χ3v) is 12.4. The second kappa shape index (κ2) is 7.76. The lowest BCUT2D eigenvalue weighted by Crippen LogP contribution is -2.65. The molecule has 204 valence electrons. The molecule has 3 aliphatic heterocycles. The van der Waals surface area contributed by atoms with Gasteiger partial charge in [0.2, 0.25) is 0 Å². The largest absolute Gasteiger partial charge is 0.470 e. The fourth-order valence-corrected chi connectivity index (χ4v) is 9.33. The lowest BCUT2D eigenvalue weighted by molar-refractivity contribution is 0.402. The molecule has 1 saturated carbocycles. The highest BCUT2D eigenvalue weighted by atomic mass is 28.3. The molecule has 4 heterocycles. The summed E-state index contributed by atoms with van der Waals surface area (Å²) in [6.45, 7) is 18.9. The Morgan fingerprint density at radius 2 is 1.80 bits per heavy atom. The van der Waals surface area contributed by atoms with E-state index in [0.717, 1.165) is 53.9 Å². The summed E-state index contributed by atoms with van der Waals surface area (Å²) in [6, 6.07) is 17.3. The Hall–Kier alpha value is -2.72. The van der Waals surface area contributed by atoms with Crippen molar-refractivity contribution >= 4 is 58.9 Å². The van der Waals surface area contributed by atoms with Gasteiger partial charge in [0.15, 0.2) is 0 Å². The fourth-order valence-electron chi connectivity index (χ4n) is 8.18. The van der Waals surface area contributed by atoms with Crippen LogP contribution in [-0.4, -0.2) is 20.8 Å². The molecule has 1 aromatic heterocycles. The maximum Gasteiger partial charge on any atom is 0.292 e. The molecule has 0 saturated heterocycles. The summed E-state index contributed by atoms with van der Waals surface area (Å²) in [5.74, 6) is -0.944. The average molecular weight is 546 g/mol. The number of fused-ring (bicyclic) bond motifs is 9. The van der Waals surface area contributed by atoms with Gasteiger partial charge in [-0.15, -0.1) is 0 Å². The van der Waals surface area contributed by atoms with Crippen molar-refractivity contribution in [2.45, 2.75) is 103 Å². The minimum atomic E-state index is -1.73. The number of furan rings is 1. The maximum atomic E-state index is 10.1. The summed E-state index contributed by atoms with van der Waals surface area (Å²) in [5.41, 5.74) is 11.6. The van der Waals surface area contributed by atoms with Crippen LogP contribution in [-0.2, 0) is 10.8 Å². The Balaban J connectivity index is 1.53. The van der Waals surface area contributed by atoms with Gasteiger partial charge in [-0.25, -0.2) is 0 Å². The van der Waals surface area contributed by atoms with Crippen LogP contribution in [0.5, 0.6) is 0 Å². The average Bonchev–Trinajstić information content (AvgIpc) is 3.39. The van der Waals surface area contributed by atoms with Gasteiger partial charge in [-0.05, 0) is 64.1 Å². The number of rotatable bonds is 1. The second-order valence-corrected chi connectivity index (χ2v) is 20.4. The Morgan fingerprint density at radius 3 is 2.55 bits per heavy atom. The van der Waals surface area contributed by atoms with Gasteiger partial charge in [0.25, 0.3) is 6.71 Å². The molecule has 0 spiro atoms. The predicted octanol–water partition coefficient (Wildman–Crippen LogP) is 6.92. The van der Waals surface area contributed by atoms with Crippen molar-refractivity contribution in [3.63, 3.8) is 0 Å². The summed E-state index contributed by atoms with van der Waals surface area (Å²) in [4.78, 5) is 2.34. The van der Waals surface area contributed by atoms with Crippen LogP contribution < -0.4 is 26.7 Å². The van der Waals surface area contributed by atoms with E-state index >= 15 is 0 Å². The Morgan fingerprint density at radius 1 is 1.02 bits per heavy atom. The van der Waals surface area contributed by atoms with Crippen LogP contribution in [0.25, 0.3) is 11.0 Å². The molecule has 0 amide bonds. The highest BCUT2D eigenvalue weighted by Gasteiger charge is 2.53. The smallest absolute Gasteiger partial charge is 0.292 e. The summed E-state index contributed by atoms with van der Waals surface area (Å²) >= 11 is 0. The van der Waals surface area contributed by atoms with Gasteiger partial charge in [-0.3, -0.25) is 0 Å². The second-order valence-electron chi connectivity index (χ2n) is 15.3. The first-order chi connectivity index (χ1) is 19.6. The van der Waals surface area contributed by atoms with Crippen molar-refractivity contribution < 1.29 is 7.16 Å². The van der Waals surface area contributed by atoms with Crippen LogP contribution >= 0.6 is 0 Å². The lowest BCUT2D eigenvalue weighted by atomic mass is 9.32. The zero-order valence-corrected chi connectivity index (χ0v) is 26.4. The number of hydrogen-bond acceptors (Lipinski definition) is 2. The molecule has 1 fully saturated rings. The van der Waals surface area contributed by atoms with Crippen LogP contribution in [0, 0.1) is 0 Å². The van der Waals surface area contributed by atoms with Crippen molar-refractivity contribution in [2.24, 2.45) is 0 Å². The highest BCUT2D eigenvalue weighted by molar-refractivity contribution is 6.98. The van der Waals surface area contributed by atoms with E-state index in [4.69, 9.17) is 4.42 Å². The molecule has 40 heavy (non-hydrogen) atoms. The van der Waals surface area contributed by atoms with Gasteiger partial charge < -0.3 is 9.32 Å². The molecule has 1 aliphatic carbocycles. The van der Waals surface area contributed by atoms with Crippen molar-refractivity contribution in [1.29, 1.82) is 0 Å². The normalized spacial score (nSPS) is 26.6. The molecule has 0 radical (unpaired) electrons. The molecule has 2 nitrogen and oxygen atoms in total. The minimum Gasteiger partial charge on any atom is -0.470 e. The monoisotopic (exact) mass is 545 g/mol. The van der Waals surface area contributed by atoms with E-state index in [1.54, 1.807) is 0 Å². The molecule has 4 aliphatic rings. The van der Waals surface area contributed by atoms with E-state index < -0.39 is 20.0 Å². The third-order valence-electron chi connectivity index (χ3n) is 10.3. The van der Waals surface area contributed by atoms with E-state index in [-0.39, 0.29) is 17.5 Å². The zero-order valence-electron chi connectivity index (χ0n) is 27.4. The topological polar surface area (TPSA) is 16.4 Å². The van der Waals surface area contributed by atoms with Crippen molar-refractivity contribution in [1.82, 2.24) is 0 Å². The minimum absolute atomic E-state index is 0.0417. The molecule has 0 N–H and O–H groups in total. The van der Waals surface area contributed by atoms with E-state index in [2.05, 4.69) is 108 Å². The fraction of sp³-hybridized carbons (Fsp3) is 0.444. The maximum absolute atomic E-state index is 10.1. The summed E-state index contributed by atoms with van der Waals surface area (Å²) < 4.78 is 27.0. The first-order valence-corrected chi connectivity index (χ1v) is 18.8. The van der Waals surface area contributed by atoms with E-state index in [1.807, 2.05) is 0 Å². The van der Waals surface area contributed by atoms with Crippen molar-refractivity contribution in [3.8, 4) is 0 Å². The predicted molar refractivity (Wildman–Crippen MR) is 175 cm³/mol. The Labute approximate surface area is 244 Å². The molecule has 4 heteroatoms. The number of para-hydroxylation sites is 1. The standard InChI is InChI=1S/C36H42BNOSi/c1-35(2,3)21-16-17-30-25(18-21)31-34(39-30)37-27-14-11-13-24-23-12-9-10-15-28(23)38(33(24)27)29-20-22(40(6,7)8)19-26(32(29)37)36(31,4)5/h11,13-14,16-20,23,28H,9-10,12,15H2,1-8H3/i23D,28D. The van der Waals surface area contributed by atoms with Crippen LogP contribution in [0.3, 0.4) is 0 Å². The van der Waals surface area contributed by atoms with Gasteiger partial charge in [0.05, 0.1) is 15.1 Å². The summed E-state index contributed by atoms with van der Waals surface area (Å²) in [7, 11) is -1.73. The number of benzene rings is 3. The number of nitrogens with zero attached hydrogens (tertiary/aromatic N) is 1. The molecule has 3 aromatic carbocycles. The van der Waals surface area contributed by atoms with Crippen LogP contribution in [0.4, 0.5) is 11.4 Å². The first kappa shape index (κ1) is 22.9. The molecule has 8 rings (SSSR count). The molecular formula is C36H42BNOSi. The summed E-state index contributed by atoms with van der Waals surface area (Å²) in [6.07, 6.45) is 3.46. The zero-order chi connectivity index (χ0) is 29.8. The summed E-state index contributed by atoms with van der Waals surface area (Å²) in [5, 5.41) is 2.66. The van der Waals surface area contributed by atoms with Crippen molar-refractivity contribution in [2.75, 3.05) is 4.90 Å². The van der Waals surface area contributed by atoms with Gasteiger partial charge in [-0.2, -0.15) is 0 Å². The molecule has 2 unspecified atom stereocenters. The molecule has 2 atom stereocenters. The van der Waals surface area contributed by atoms with E-state index in [0.29, 0.717) is 0 Å². The SMILES string of the molecule is [2H]C12CCCCC1([2H])N1c3cc([Si](C)(C)C)cc4c3B(c3cccc2c31)c1oc2ccc(C(C)(C)C)cc2c1C4(C)C. The third kappa shape index (κ3) is 3.12. The number of hydrogen-bond donors (Lipinski definition) is 0. The van der Waals surface area contributed by atoms with Gasteiger partial charge in [-0.1, -0.05) is 103 Å². The van der Waals surface area contributed by atoms with Crippen LogP contribution in [0.1, 0.15) is 91.2 Å². The van der Waals surface area contributed by atoms with Crippen LogP contribution in [0.2, 0.25) is 19.6 Å². The Bertz CT molecular complexity index is 1850. The van der Waals surface area contributed by atoms with Gasteiger partial charge in [0, 0.05) is 41.0 Å². The number of anilines is 2. The molecular weight excluding hydrogens is 501 g/mol.